The van der Waals surface area contributed by atoms with E-state index in [1.165, 1.54) is 25.4 Å². The van der Waals surface area contributed by atoms with Crippen LogP contribution in [0.25, 0.3) is 11.1 Å². The Hall–Kier alpha value is -5.41. The Morgan fingerprint density at radius 1 is 0.980 bits per heavy atom. The summed E-state index contributed by atoms with van der Waals surface area (Å²) in [6.45, 7) is 3.35. The highest BCUT2D eigenvalue weighted by Crippen LogP contribution is 2.37. The third kappa shape index (κ3) is 8.06. The molecule has 0 spiro atoms. The second-order valence-electron chi connectivity index (χ2n) is 12.6. The number of aromatic nitrogens is 3. The number of rotatable bonds is 8. The van der Waals surface area contributed by atoms with E-state index in [2.05, 4.69) is 20.7 Å². The molecule has 3 heterocycles. The molecule has 264 valence electrons. The smallest absolute Gasteiger partial charge is 0.435 e. The van der Waals surface area contributed by atoms with Gasteiger partial charge in [0.15, 0.2) is 5.69 Å². The molecule has 4 aromatic rings. The standard InChI is InChI=1S/C34H32F6N6O4/c1-33(2,3)50-32(49)45-15-24-27(16-45)46(44-30(24)34(38,39)40)17-28(47)43-26(12-18-10-20(35)14-21(36)11-18)29-22(6-5-9-42-29)19-7-8-25(37)23(13-19)31(48)41-4/h5-11,13-14,26H,12,15-17H2,1-4H3,(H,41,48)(H,43,47)/t26-/m0/s1. The van der Waals surface area contributed by atoms with Gasteiger partial charge >= 0.3 is 12.3 Å². The monoisotopic (exact) mass is 702 g/mol. The van der Waals surface area contributed by atoms with Crippen molar-refractivity contribution in [2.24, 2.45) is 0 Å². The van der Waals surface area contributed by atoms with Gasteiger partial charge in [0.05, 0.1) is 36.1 Å². The van der Waals surface area contributed by atoms with Gasteiger partial charge in [-0.15, -0.1) is 0 Å². The molecule has 0 saturated heterocycles. The van der Waals surface area contributed by atoms with E-state index in [-0.39, 0.29) is 41.0 Å². The fourth-order valence-electron chi connectivity index (χ4n) is 5.62. The van der Waals surface area contributed by atoms with Gasteiger partial charge in [0.25, 0.3) is 5.91 Å². The first-order valence-corrected chi connectivity index (χ1v) is 15.3. The number of benzene rings is 2. The molecule has 1 aliphatic heterocycles. The average molecular weight is 703 g/mol. The number of hydrogen-bond donors (Lipinski definition) is 2. The van der Waals surface area contributed by atoms with Crippen LogP contribution in [0.3, 0.4) is 0 Å². The summed E-state index contributed by atoms with van der Waals surface area (Å²) in [5.74, 6) is -4.12. The first-order valence-electron chi connectivity index (χ1n) is 15.3. The van der Waals surface area contributed by atoms with Crippen molar-refractivity contribution in [2.45, 2.75) is 64.6 Å². The Bertz CT molecular complexity index is 1940. The Kier molecular flexibility index (Phi) is 9.93. The molecule has 2 aromatic heterocycles. The average Bonchev–Trinajstić information content (AvgIpc) is 3.60. The predicted molar refractivity (Wildman–Crippen MR) is 167 cm³/mol. The molecular weight excluding hydrogens is 670 g/mol. The molecule has 0 unspecified atom stereocenters. The second kappa shape index (κ2) is 13.8. The van der Waals surface area contributed by atoms with E-state index in [0.717, 1.165) is 27.8 Å². The number of ether oxygens (including phenoxy) is 1. The first kappa shape index (κ1) is 35.9. The minimum Gasteiger partial charge on any atom is -0.444 e. The van der Waals surface area contributed by atoms with E-state index in [9.17, 15) is 40.7 Å². The van der Waals surface area contributed by atoms with Crippen LogP contribution in [0, 0.1) is 17.5 Å². The number of carbonyl (C=O) groups excluding carboxylic acids is 3. The lowest BCUT2D eigenvalue weighted by Gasteiger charge is -2.24. The summed E-state index contributed by atoms with van der Waals surface area (Å²) in [6.07, 6.45) is -4.59. The lowest BCUT2D eigenvalue weighted by atomic mass is 9.94. The van der Waals surface area contributed by atoms with Crippen LogP contribution in [0.15, 0.2) is 54.7 Å². The number of halogens is 6. The third-order valence-corrected chi connectivity index (χ3v) is 7.68. The summed E-state index contributed by atoms with van der Waals surface area (Å²) in [5.41, 5.74) is -1.83. The molecule has 0 fully saturated rings. The number of nitrogens with zero attached hydrogens (tertiary/aromatic N) is 4. The van der Waals surface area contributed by atoms with Gasteiger partial charge in [-0.3, -0.25) is 24.2 Å². The molecule has 3 amide bonds. The van der Waals surface area contributed by atoms with Crippen molar-refractivity contribution in [3.63, 3.8) is 0 Å². The fraction of sp³-hybridized carbons (Fsp3) is 0.324. The van der Waals surface area contributed by atoms with E-state index < -0.39 is 72.0 Å². The molecule has 50 heavy (non-hydrogen) atoms. The van der Waals surface area contributed by atoms with Crippen LogP contribution >= 0.6 is 0 Å². The van der Waals surface area contributed by atoms with Crippen molar-refractivity contribution < 1.29 is 45.5 Å². The van der Waals surface area contributed by atoms with Crippen LogP contribution in [-0.2, 0) is 41.8 Å². The zero-order valence-electron chi connectivity index (χ0n) is 27.3. The Labute approximate surface area is 282 Å². The zero-order chi connectivity index (χ0) is 36.5. The largest absolute Gasteiger partial charge is 0.444 e. The van der Waals surface area contributed by atoms with E-state index in [0.29, 0.717) is 17.2 Å². The topological polar surface area (TPSA) is 118 Å². The molecule has 2 N–H and O–H groups in total. The van der Waals surface area contributed by atoms with Gasteiger partial charge in [-0.1, -0.05) is 12.1 Å². The minimum absolute atomic E-state index is 0.0198. The lowest BCUT2D eigenvalue weighted by Crippen LogP contribution is -2.35. The maximum Gasteiger partial charge on any atom is 0.435 e. The Morgan fingerprint density at radius 2 is 1.68 bits per heavy atom. The van der Waals surface area contributed by atoms with Crippen molar-refractivity contribution in [1.82, 2.24) is 30.3 Å². The molecule has 16 heteroatoms. The van der Waals surface area contributed by atoms with Crippen molar-refractivity contribution in [3.8, 4) is 11.1 Å². The molecule has 10 nitrogen and oxygen atoms in total. The first-order chi connectivity index (χ1) is 23.4. The van der Waals surface area contributed by atoms with Gasteiger partial charge in [-0.2, -0.15) is 18.3 Å². The minimum atomic E-state index is -4.90. The zero-order valence-corrected chi connectivity index (χ0v) is 27.3. The van der Waals surface area contributed by atoms with Crippen molar-refractivity contribution in [2.75, 3.05) is 7.05 Å². The lowest BCUT2D eigenvalue weighted by molar-refractivity contribution is -0.142. The van der Waals surface area contributed by atoms with Gasteiger partial charge in [-0.05, 0) is 68.7 Å². The molecule has 0 bridgehead atoms. The molecule has 1 aliphatic rings. The number of nitrogens with one attached hydrogen (secondary N) is 2. The SMILES string of the molecule is CNC(=O)c1cc(-c2cccnc2[C@H](Cc2cc(F)cc(F)c2)NC(=O)Cn2nc(C(F)(F)F)c3c2CN(C(=O)OC(C)(C)C)C3)ccc1F. The molecule has 1 atom stereocenters. The molecular formula is C34H32F6N6O4. The van der Waals surface area contributed by atoms with Crippen LogP contribution in [0.5, 0.6) is 0 Å². The van der Waals surface area contributed by atoms with E-state index in [1.54, 1.807) is 32.9 Å². The predicted octanol–water partition coefficient (Wildman–Crippen LogP) is 6.09. The highest BCUT2D eigenvalue weighted by atomic mass is 19.4. The maximum absolute atomic E-state index is 14.5. The summed E-state index contributed by atoms with van der Waals surface area (Å²) >= 11 is 0. The number of alkyl halides is 3. The van der Waals surface area contributed by atoms with Crippen molar-refractivity contribution >= 4 is 17.9 Å². The van der Waals surface area contributed by atoms with Gasteiger partial charge < -0.3 is 15.4 Å². The van der Waals surface area contributed by atoms with Crippen molar-refractivity contribution in [3.05, 3.63) is 106 Å². The second-order valence-corrected chi connectivity index (χ2v) is 12.6. The Morgan fingerprint density at radius 3 is 2.32 bits per heavy atom. The quantitative estimate of drug-likeness (QED) is 0.215. The number of amides is 3. The van der Waals surface area contributed by atoms with Crippen molar-refractivity contribution in [1.29, 1.82) is 0 Å². The van der Waals surface area contributed by atoms with Gasteiger partial charge in [0.1, 0.15) is 29.6 Å². The molecule has 0 aliphatic carbocycles. The number of pyridine rings is 1. The Balaban J connectivity index is 1.50. The number of fused-ring (bicyclic) bond motifs is 1. The van der Waals surface area contributed by atoms with Crippen LogP contribution in [0.2, 0.25) is 0 Å². The molecule has 0 radical (unpaired) electrons. The summed E-state index contributed by atoms with van der Waals surface area (Å²) in [4.78, 5) is 44.1. The summed E-state index contributed by atoms with van der Waals surface area (Å²) in [7, 11) is 1.33. The molecule has 5 rings (SSSR count). The number of carbonyl (C=O) groups is 3. The van der Waals surface area contributed by atoms with Crippen LogP contribution in [0.1, 0.15) is 65.4 Å². The highest BCUT2D eigenvalue weighted by molar-refractivity contribution is 5.95. The summed E-state index contributed by atoms with van der Waals surface area (Å²) in [6, 6.07) is 8.48. The summed E-state index contributed by atoms with van der Waals surface area (Å²) in [5, 5.41) is 8.71. The number of hydrogen-bond acceptors (Lipinski definition) is 6. The van der Waals surface area contributed by atoms with Crippen LogP contribution < -0.4 is 10.6 Å². The molecule has 0 saturated carbocycles. The fourth-order valence-corrected chi connectivity index (χ4v) is 5.62. The van der Waals surface area contributed by atoms with Gasteiger partial charge in [0.2, 0.25) is 5.91 Å². The van der Waals surface area contributed by atoms with E-state index in [4.69, 9.17) is 4.74 Å². The van der Waals surface area contributed by atoms with E-state index >= 15 is 0 Å². The highest BCUT2D eigenvalue weighted by Gasteiger charge is 2.43. The van der Waals surface area contributed by atoms with Crippen LogP contribution in [-0.4, -0.2) is 50.2 Å². The van der Waals surface area contributed by atoms with Gasteiger partial charge in [0, 0.05) is 30.4 Å². The third-order valence-electron chi connectivity index (χ3n) is 7.68. The van der Waals surface area contributed by atoms with E-state index in [1.807, 2.05) is 0 Å². The normalized spacial score (nSPS) is 13.5. The summed E-state index contributed by atoms with van der Waals surface area (Å²) < 4.78 is 91.2. The van der Waals surface area contributed by atoms with Crippen LogP contribution in [0.4, 0.5) is 31.1 Å². The van der Waals surface area contributed by atoms with Gasteiger partial charge in [-0.25, -0.2) is 18.0 Å². The molecule has 2 aromatic carbocycles. The maximum atomic E-state index is 14.5.